The van der Waals surface area contributed by atoms with Crippen LogP contribution >= 0.6 is 0 Å². The van der Waals surface area contributed by atoms with Crippen LogP contribution in [0.5, 0.6) is 0 Å². The van der Waals surface area contributed by atoms with Crippen LogP contribution in [0.1, 0.15) is 5.56 Å². The van der Waals surface area contributed by atoms with Gasteiger partial charge in [-0.05, 0) is 18.2 Å². The zero-order valence-corrected chi connectivity index (χ0v) is 7.10. The SMILES string of the molecule is N#Cc1cc(F)ccc1NCC(F)F. The van der Waals surface area contributed by atoms with Gasteiger partial charge in [0.2, 0.25) is 0 Å². The molecule has 1 N–H and O–H groups in total. The summed E-state index contributed by atoms with van der Waals surface area (Å²) in [6, 6.07) is 5.07. The molecule has 0 amide bonds. The van der Waals surface area contributed by atoms with Crippen LogP contribution in [0.2, 0.25) is 0 Å². The molecular formula is C9H7F3N2. The van der Waals surface area contributed by atoms with E-state index in [4.69, 9.17) is 5.26 Å². The van der Waals surface area contributed by atoms with Gasteiger partial charge in [-0.3, -0.25) is 0 Å². The van der Waals surface area contributed by atoms with Gasteiger partial charge in [-0.2, -0.15) is 5.26 Å². The average Bonchev–Trinajstić information content (AvgIpc) is 2.15. The summed E-state index contributed by atoms with van der Waals surface area (Å²) in [5, 5.41) is 10.9. The van der Waals surface area contributed by atoms with Gasteiger partial charge in [-0.1, -0.05) is 0 Å². The molecule has 1 aromatic rings. The van der Waals surface area contributed by atoms with E-state index in [-0.39, 0.29) is 11.3 Å². The van der Waals surface area contributed by atoms with Crippen LogP contribution in [0, 0.1) is 17.1 Å². The van der Waals surface area contributed by atoms with Crippen molar-refractivity contribution in [3.63, 3.8) is 0 Å². The number of hydrogen-bond donors (Lipinski definition) is 1. The number of anilines is 1. The predicted octanol–water partition coefficient (Wildman–Crippen LogP) is 2.37. The van der Waals surface area contributed by atoms with Crippen molar-refractivity contribution < 1.29 is 13.2 Å². The Morgan fingerprint density at radius 2 is 2.14 bits per heavy atom. The highest BCUT2D eigenvalue weighted by atomic mass is 19.3. The summed E-state index contributed by atoms with van der Waals surface area (Å²) < 4.78 is 36.2. The number of nitrogens with one attached hydrogen (secondary N) is 1. The van der Waals surface area contributed by atoms with E-state index in [1.165, 1.54) is 6.07 Å². The minimum absolute atomic E-state index is 0.0191. The van der Waals surface area contributed by atoms with Crippen LogP contribution in [0.3, 0.4) is 0 Å². The molecule has 0 radical (unpaired) electrons. The van der Waals surface area contributed by atoms with Gasteiger partial charge in [0.25, 0.3) is 6.43 Å². The molecule has 2 nitrogen and oxygen atoms in total. The van der Waals surface area contributed by atoms with E-state index >= 15 is 0 Å². The second-order valence-corrected chi connectivity index (χ2v) is 2.57. The summed E-state index contributed by atoms with van der Waals surface area (Å²) in [5.41, 5.74) is 0.236. The molecule has 0 aromatic heterocycles. The monoisotopic (exact) mass is 200 g/mol. The van der Waals surface area contributed by atoms with Crippen molar-refractivity contribution >= 4 is 5.69 Å². The van der Waals surface area contributed by atoms with Gasteiger partial charge in [0.05, 0.1) is 17.8 Å². The van der Waals surface area contributed by atoms with Gasteiger partial charge in [-0.25, -0.2) is 13.2 Å². The number of benzene rings is 1. The molecule has 0 aliphatic carbocycles. The molecule has 0 heterocycles. The lowest BCUT2D eigenvalue weighted by molar-refractivity contribution is 0.163. The average molecular weight is 200 g/mol. The third-order valence-corrected chi connectivity index (χ3v) is 1.55. The summed E-state index contributed by atoms with van der Waals surface area (Å²) in [5.74, 6) is -0.566. The van der Waals surface area contributed by atoms with E-state index in [1.807, 2.05) is 0 Å². The topological polar surface area (TPSA) is 35.8 Å². The van der Waals surface area contributed by atoms with Gasteiger partial charge in [0, 0.05) is 0 Å². The molecule has 0 fully saturated rings. The highest BCUT2D eigenvalue weighted by Gasteiger charge is 2.06. The predicted molar refractivity (Wildman–Crippen MR) is 45.6 cm³/mol. The number of halogens is 3. The van der Waals surface area contributed by atoms with Crippen LogP contribution in [0.4, 0.5) is 18.9 Å². The maximum Gasteiger partial charge on any atom is 0.255 e. The first-order chi connectivity index (χ1) is 6.63. The molecular weight excluding hydrogens is 193 g/mol. The van der Waals surface area contributed by atoms with Crippen LogP contribution in [0.25, 0.3) is 0 Å². The molecule has 1 rings (SSSR count). The minimum Gasteiger partial charge on any atom is -0.378 e. The third-order valence-electron chi connectivity index (χ3n) is 1.55. The number of nitriles is 1. The fraction of sp³-hybridized carbons (Fsp3) is 0.222. The second-order valence-electron chi connectivity index (χ2n) is 2.57. The van der Waals surface area contributed by atoms with E-state index in [0.717, 1.165) is 12.1 Å². The number of rotatable bonds is 3. The van der Waals surface area contributed by atoms with Crippen molar-refractivity contribution in [1.82, 2.24) is 0 Å². The Kier molecular flexibility index (Phi) is 3.35. The van der Waals surface area contributed by atoms with Crippen LogP contribution in [-0.2, 0) is 0 Å². The van der Waals surface area contributed by atoms with Crippen molar-refractivity contribution in [3.05, 3.63) is 29.6 Å². The van der Waals surface area contributed by atoms with Crippen molar-refractivity contribution in [1.29, 1.82) is 5.26 Å². The zero-order chi connectivity index (χ0) is 10.6. The Morgan fingerprint density at radius 3 is 2.71 bits per heavy atom. The van der Waals surface area contributed by atoms with E-state index in [0.29, 0.717) is 0 Å². The van der Waals surface area contributed by atoms with Gasteiger partial charge >= 0.3 is 0 Å². The Labute approximate surface area is 79.0 Å². The van der Waals surface area contributed by atoms with E-state index in [2.05, 4.69) is 5.32 Å². The first-order valence-electron chi connectivity index (χ1n) is 3.85. The summed E-state index contributed by atoms with van der Waals surface area (Å²) in [7, 11) is 0. The Morgan fingerprint density at radius 1 is 1.43 bits per heavy atom. The molecule has 0 aliphatic rings. The van der Waals surface area contributed by atoms with E-state index in [1.54, 1.807) is 6.07 Å². The van der Waals surface area contributed by atoms with Crippen molar-refractivity contribution in [3.8, 4) is 6.07 Å². The minimum atomic E-state index is -2.51. The number of hydrogen-bond acceptors (Lipinski definition) is 2. The molecule has 74 valence electrons. The maximum atomic E-state index is 12.6. The highest BCUT2D eigenvalue weighted by Crippen LogP contribution is 2.16. The summed E-state index contributed by atoms with van der Waals surface area (Å²) in [6.07, 6.45) is -2.51. The Balaban J connectivity index is 2.82. The first-order valence-corrected chi connectivity index (χ1v) is 3.85. The molecule has 0 bridgehead atoms. The molecule has 5 heteroatoms. The van der Waals surface area contributed by atoms with Gasteiger partial charge in [-0.15, -0.1) is 0 Å². The molecule has 1 aromatic carbocycles. The van der Waals surface area contributed by atoms with Gasteiger partial charge < -0.3 is 5.32 Å². The highest BCUT2D eigenvalue weighted by molar-refractivity contribution is 5.57. The molecule has 0 aliphatic heterocycles. The lowest BCUT2D eigenvalue weighted by Gasteiger charge is -2.06. The van der Waals surface area contributed by atoms with Crippen LogP contribution < -0.4 is 5.32 Å². The summed E-state index contributed by atoms with van der Waals surface area (Å²) >= 11 is 0. The van der Waals surface area contributed by atoms with Crippen molar-refractivity contribution in [2.75, 3.05) is 11.9 Å². The van der Waals surface area contributed by atoms with E-state index in [9.17, 15) is 13.2 Å². The van der Waals surface area contributed by atoms with Crippen molar-refractivity contribution in [2.24, 2.45) is 0 Å². The third kappa shape index (κ3) is 2.66. The first kappa shape index (κ1) is 10.4. The normalized spacial score (nSPS) is 9.93. The second kappa shape index (κ2) is 4.51. The standard InChI is InChI=1S/C9H7F3N2/c10-7-1-2-8(6(3-7)4-13)14-5-9(11)12/h1-3,9,14H,5H2. The fourth-order valence-corrected chi connectivity index (χ4v) is 0.950. The molecule has 0 unspecified atom stereocenters. The van der Waals surface area contributed by atoms with Crippen molar-refractivity contribution in [2.45, 2.75) is 6.43 Å². The quantitative estimate of drug-likeness (QED) is 0.813. The van der Waals surface area contributed by atoms with Crippen LogP contribution in [-0.4, -0.2) is 13.0 Å². The largest absolute Gasteiger partial charge is 0.378 e. The molecule has 14 heavy (non-hydrogen) atoms. The van der Waals surface area contributed by atoms with Crippen LogP contribution in [0.15, 0.2) is 18.2 Å². The Hall–Kier alpha value is -1.70. The smallest absolute Gasteiger partial charge is 0.255 e. The maximum absolute atomic E-state index is 12.6. The lowest BCUT2D eigenvalue weighted by Crippen LogP contribution is -2.11. The molecule has 0 atom stereocenters. The summed E-state index contributed by atoms with van der Waals surface area (Å²) in [6.45, 7) is -0.555. The molecule has 0 saturated carbocycles. The van der Waals surface area contributed by atoms with E-state index < -0.39 is 18.8 Å². The molecule has 0 spiro atoms. The number of nitrogens with zero attached hydrogens (tertiary/aromatic N) is 1. The molecule has 0 saturated heterocycles. The number of alkyl halides is 2. The lowest BCUT2D eigenvalue weighted by atomic mass is 10.2. The fourth-order valence-electron chi connectivity index (χ4n) is 0.950. The van der Waals surface area contributed by atoms with Gasteiger partial charge in [0.1, 0.15) is 11.9 Å². The Bertz CT molecular complexity index is 358. The zero-order valence-electron chi connectivity index (χ0n) is 7.10. The summed E-state index contributed by atoms with van der Waals surface area (Å²) in [4.78, 5) is 0. The van der Waals surface area contributed by atoms with Gasteiger partial charge in [0.15, 0.2) is 0 Å².